The van der Waals surface area contributed by atoms with Crippen LogP contribution in [0, 0.1) is 0 Å². The van der Waals surface area contributed by atoms with E-state index in [1.165, 1.54) is 0 Å². The Morgan fingerprint density at radius 1 is 1.33 bits per heavy atom. The van der Waals surface area contributed by atoms with Crippen LogP contribution in [0.3, 0.4) is 0 Å². The first kappa shape index (κ1) is 14.1. The third-order valence-corrected chi connectivity index (χ3v) is 2.47. The molecule has 1 aromatic carbocycles. The van der Waals surface area contributed by atoms with Crippen molar-refractivity contribution >= 4 is 6.16 Å². The molecule has 4 nitrogen and oxygen atoms in total. The molecule has 18 heavy (non-hydrogen) atoms. The Kier molecular flexibility index (Phi) is 5.77. The fraction of sp³-hybridized carbons (Fsp3) is 0.357. The lowest BCUT2D eigenvalue weighted by molar-refractivity contribution is 0.0573. The lowest BCUT2D eigenvalue weighted by Gasteiger charge is -2.13. The van der Waals surface area contributed by atoms with Crippen LogP contribution in [0.25, 0.3) is 0 Å². The van der Waals surface area contributed by atoms with E-state index >= 15 is 0 Å². The van der Waals surface area contributed by atoms with Crippen molar-refractivity contribution in [2.45, 2.75) is 12.8 Å². The Morgan fingerprint density at radius 2 is 2.00 bits per heavy atom. The molecule has 0 heterocycles. The highest BCUT2D eigenvalue weighted by molar-refractivity contribution is 5.59. The molecule has 1 atom stereocenters. The number of ether oxygens (including phenoxy) is 3. The molecule has 0 bridgehead atoms. The summed E-state index contributed by atoms with van der Waals surface area (Å²) in [4.78, 5) is 11.1. The summed E-state index contributed by atoms with van der Waals surface area (Å²) in [5.74, 6) is 0.730. The van der Waals surface area contributed by atoms with Crippen LogP contribution >= 0.6 is 0 Å². The second kappa shape index (κ2) is 7.37. The third kappa shape index (κ3) is 4.13. The predicted molar refractivity (Wildman–Crippen MR) is 68.9 cm³/mol. The molecule has 0 saturated carbocycles. The molecule has 0 unspecified atom stereocenters. The summed E-state index contributed by atoms with van der Waals surface area (Å²) in [5.41, 5.74) is 1.01. The number of rotatable bonds is 6. The molecule has 0 aliphatic carbocycles. The summed E-state index contributed by atoms with van der Waals surface area (Å²) in [5, 5.41) is 0. The van der Waals surface area contributed by atoms with Crippen LogP contribution in [0.5, 0.6) is 5.75 Å². The average Bonchev–Trinajstić information content (AvgIpc) is 2.40. The molecule has 0 fully saturated rings. The van der Waals surface area contributed by atoms with Gasteiger partial charge in [0.2, 0.25) is 0 Å². The zero-order valence-corrected chi connectivity index (χ0v) is 10.7. The highest BCUT2D eigenvalue weighted by Gasteiger charge is 2.11. The summed E-state index contributed by atoms with van der Waals surface area (Å²) in [6.45, 7) is 6.00. The molecule has 1 rings (SSSR count). The smallest absolute Gasteiger partial charge is 0.497 e. The van der Waals surface area contributed by atoms with Gasteiger partial charge in [-0.1, -0.05) is 18.2 Å². The van der Waals surface area contributed by atoms with Crippen LogP contribution in [-0.2, 0) is 9.47 Å². The molecule has 0 spiro atoms. The van der Waals surface area contributed by atoms with Crippen LogP contribution < -0.4 is 4.74 Å². The molecule has 0 amide bonds. The largest absolute Gasteiger partial charge is 0.508 e. The van der Waals surface area contributed by atoms with Crippen molar-refractivity contribution in [3.8, 4) is 5.75 Å². The van der Waals surface area contributed by atoms with Crippen molar-refractivity contribution in [3.05, 3.63) is 42.5 Å². The number of benzene rings is 1. The Hall–Kier alpha value is -1.97. The van der Waals surface area contributed by atoms with Gasteiger partial charge in [0.05, 0.1) is 13.7 Å². The fourth-order valence-corrected chi connectivity index (χ4v) is 1.47. The van der Waals surface area contributed by atoms with E-state index in [1.807, 2.05) is 24.3 Å². The molecular formula is C14H18O4. The first-order valence-corrected chi connectivity index (χ1v) is 5.77. The van der Waals surface area contributed by atoms with Gasteiger partial charge in [-0.3, -0.25) is 0 Å². The van der Waals surface area contributed by atoms with Crippen LogP contribution in [0.15, 0.2) is 36.9 Å². The molecular weight excluding hydrogens is 232 g/mol. The molecule has 0 aromatic heterocycles. The van der Waals surface area contributed by atoms with Gasteiger partial charge in [-0.15, -0.1) is 6.58 Å². The Balaban J connectivity index is 2.59. The van der Waals surface area contributed by atoms with Gasteiger partial charge in [0.15, 0.2) is 0 Å². The first-order chi connectivity index (χ1) is 8.71. The Bertz CT molecular complexity index is 383. The summed E-state index contributed by atoms with van der Waals surface area (Å²) in [6.07, 6.45) is 1.08. The zero-order chi connectivity index (χ0) is 13.4. The maximum atomic E-state index is 11.1. The average molecular weight is 250 g/mol. The van der Waals surface area contributed by atoms with E-state index in [0.717, 1.165) is 11.3 Å². The van der Waals surface area contributed by atoms with Crippen molar-refractivity contribution in [2.24, 2.45) is 0 Å². The quantitative estimate of drug-likeness (QED) is 0.574. The van der Waals surface area contributed by atoms with Crippen LogP contribution in [0.1, 0.15) is 18.4 Å². The Labute approximate surface area is 107 Å². The first-order valence-electron chi connectivity index (χ1n) is 5.77. The number of methoxy groups -OCH3 is 1. The van der Waals surface area contributed by atoms with Gasteiger partial charge in [0, 0.05) is 5.92 Å². The Morgan fingerprint density at radius 3 is 2.50 bits per heavy atom. The topological polar surface area (TPSA) is 44.8 Å². The van der Waals surface area contributed by atoms with Gasteiger partial charge in [0.1, 0.15) is 12.4 Å². The lowest BCUT2D eigenvalue weighted by Crippen LogP contribution is -2.12. The van der Waals surface area contributed by atoms with Crippen molar-refractivity contribution in [3.63, 3.8) is 0 Å². The van der Waals surface area contributed by atoms with Gasteiger partial charge in [-0.05, 0) is 24.6 Å². The molecule has 0 aliphatic heterocycles. The minimum Gasteiger partial charge on any atom is -0.497 e. The van der Waals surface area contributed by atoms with Gasteiger partial charge in [0.25, 0.3) is 0 Å². The third-order valence-electron chi connectivity index (χ3n) is 2.47. The summed E-state index contributed by atoms with van der Waals surface area (Å²) in [6, 6.07) is 7.55. The monoisotopic (exact) mass is 250 g/mol. The number of carbonyl (C=O) groups is 1. The van der Waals surface area contributed by atoms with E-state index in [-0.39, 0.29) is 12.5 Å². The van der Waals surface area contributed by atoms with E-state index in [2.05, 4.69) is 6.58 Å². The van der Waals surface area contributed by atoms with E-state index in [9.17, 15) is 4.79 Å². The van der Waals surface area contributed by atoms with E-state index in [0.29, 0.717) is 6.61 Å². The van der Waals surface area contributed by atoms with Gasteiger partial charge >= 0.3 is 6.16 Å². The molecule has 4 heteroatoms. The minimum atomic E-state index is -0.655. The molecule has 0 aliphatic rings. The van der Waals surface area contributed by atoms with Crippen molar-refractivity contribution in [1.82, 2.24) is 0 Å². The van der Waals surface area contributed by atoms with Gasteiger partial charge < -0.3 is 14.2 Å². The normalized spacial score (nSPS) is 11.4. The summed E-state index contributed by atoms with van der Waals surface area (Å²) < 4.78 is 14.8. The molecule has 1 aromatic rings. The molecule has 0 saturated heterocycles. The van der Waals surface area contributed by atoms with Crippen LogP contribution in [-0.4, -0.2) is 26.5 Å². The van der Waals surface area contributed by atoms with Crippen LogP contribution in [0.2, 0.25) is 0 Å². The molecule has 98 valence electrons. The van der Waals surface area contributed by atoms with Crippen molar-refractivity contribution in [1.29, 1.82) is 0 Å². The van der Waals surface area contributed by atoms with Crippen molar-refractivity contribution < 1.29 is 19.0 Å². The predicted octanol–water partition coefficient (Wildman–Crippen LogP) is 3.14. The second-order valence-corrected chi connectivity index (χ2v) is 3.61. The van der Waals surface area contributed by atoms with Gasteiger partial charge in [-0.25, -0.2) is 4.79 Å². The zero-order valence-electron chi connectivity index (χ0n) is 10.7. The minimum absolute atomic E-state index is 0.0553. The second-order valence-electron chi connectivity index (χ2n) is 3.61. The number of hydrogen-bond acceptors (Lipinski definition) is 4. The highest BCUT2D eigenvalue weighted by Crippen LogP contribution is 2.20. The highest BCUT2D eigenvalue weighted by atomic mass is 16.7. The van der Waals surface area contributed by atoms with E-state index in [1.54, 1.807) is 20.1 Å². The van der Waals surface area contributed by atoms with E-state index < -0.39 is 6.16 Å². The van der Waals surface area contributed by atoms with Crippen LogP contribution in [0.4, 0.5) is 4.79 Å². The fourth-order valence-electron chi connectivity index (χ4n) is 1.47. The number of hydrogen-bond donors (Lipinski definition) is 0. The molecule has 0 N–H and O–H groups in total. The van der Waals surface area contributed by atoms with Gasteiger partial charge in [-0.2, -0.15) is 0 Å². The standard InChI is InChI=1S/C14H18O4/c1-4-11(10-18-14(15)17-5-2)12-6-8-13(16-3)9-7-12/h4,6-9,11H,1,5,10H2,2-3H3/t11-/m0/s1. The number of carbonyl (C=O) groups excluding carboxylic acids is 1. The summed E-state index contributed by atoms with van der Waals surface area (Å²) in [7, 11) is 1.61. The van der Waals surface area contributed by atoms with Crippen molar-refractivity contribution in [2.75, 3.05) is 20.3 Å². The maximum Gasteiger partial charge on any atom is 0.508 e. The maximum absolute atomic E-state index is 11.1. The van der Waals surface area contributed by atoms with E-state index in [4.69, 9.17) is 14.2 Å². The molecule has 0 radical (unpaired) electrons. The SMILES string of the molecule is C=C[C@@H](COC(=O)OCC)c1ccc(OC)cc1. The summed E-state index contributed by atoms with van der Waals surface area (Å²) >= 11 is 0. The lowest BCUT2D eigenvalue weighted by atomic mass is 10.0.